The molecule has 39 heavy (non-hydrogen) atoms. The van der Waals surface area contributed by atoms with Crippen molar-refractivity contribution >= 4 is 0 Å². The lowest BCUT2D eigenvalue weighted by atomic mass is 9.80. The summed E-state index contributed by atoms with van der Waals surface area (Å²) in [6.07, 6.45) is 4.42. The van der Waals surface area contributed by atoms with Crippen LogP contribution in [-0.4, -0.2) is 15.3 Å². The van der Waals surface area contributed by atoms with Crippen LogP contribution in [0.5, 0.6) is 17.2 Å². The van der Waals surface area contributed by atoms with Gasteiger partial charge in [-0.05, 0) is 64.3 Å². The lowest BCUT2D eigenvalue weighted by molar-refractivity contribution is 0.430. The van der Waals surface area contributed by atoms with E-state index in [9.17, 15) is 15.3 Å². The molecule has 214 valence electrons. The van der Waals surface area contributed by atoms with Crippen molar-refractivity contribution in [1.82, 2.24) is 0 Å². The maximum absolute atomic E-state index is 10.8. The lowest BCUT2D eigenvalue weighted by Crippen LogP contribution is -2.14. The van der Waals surface area contributed by atoms with Crippen LogP contribution in [0.25, 0.3) is 0 Å². The zero-order valence-electron chi connectivity index (χ0n) is 26.0. The highest BCUT2D eigenvalue weighted by atomic mass is 16.3. The van der Waals surface area contributed by atoms with Crippen LogP contribution in [0.2, 0.25) is 0 Å². The van der Waals surface area contributed by atoms with Crippen LogP contribution in [0.3, 0.4) is 0 Å². The Bertz CT molecular complexity index is 1150. The average molecular weight is 533 g/mol. The van der Waals surface area contributed by atoms with E-state index < -0.39 is 0 Å². The summed E-state index contributed by atoms with van der Waals surface area (Å²) in [5.41, 5.74) is 5.75. The quantitative estimate of drug-likeness (QED) is 0.284. The molecule has 3 aromatic rings. The Morgan fingerprint density at radius 1 is 0.692 bits per heavy atom. The SMILES string of the molecule is CC(c1cccc(C(C)(C)C)c1O)c1cccc(C(C)(C)C)c1O.CCCCc1cc(CC(C)C)ccc1O. The summed E-state index contributed by atoms with van der Waals surface area (Å²) in [5.74, 6) is 1.70. The maximum Gasteiger partial charge on any atom is 0.123 e. The Hall–Kier alpha value is -2.94. The first-order chi connectivity index (χ1) is 18.1. The van der Waals surface area contributed by atoms with Crippen LogP contribution in [0.4, 0.5) is 0 Å². The average Bonchev–Trinajstić information content (AvgIpc) is 2.83. The van der Waals surface area contributed by atoms with Gasteiger partial charge in [-0.3, -0.25) is 0 Å². The van der Waals surface area contributed by atoms with Gasteiger partial charge in [-0.25, -0.2) is 0 Å². The molecule has 0 amide bonds. The smallest absolute Gasteiger partial charge is 0.123 e. The highest BCUT2D eigenvalue weighted by Crippen LogP contribution is 2.43. The van der Waals surface area contributed by atoms with E-state index in [0.29, 0.717) is 23.2 Å². The van der Waals surface area contributed by atoms with E-state index in [0.717, 1.165) is 47.1 Å². The van der Waals surface area contributed by atoms with Crippen molar-refractivity contribution in [3.63, 3.8) is 0 Å². The zero-order valence-corrected chi connectivity index (χ0v) is 26.0. The van der Waals surface area contributed by atoms with Crippen LogP contribution in [-0.2, 0) is 23.7 Å². The van der Waals surface area contributed by atoms with Crippen LogP contribution in [0.1, 0.15) is 121 Å². The molecule has 0 bridgehead atoms. The van der Waals surface area contributed by atoms with E-state index in [1.54, 1.807) is 0 Å². The fourth-order valence-corrected chi connectivity index (χ4v) is 5.00. The van der Waals surface area contributed by atoms with Crippen molar-refractivity contribution < 1.29 is 15.3 Å². The molecule has 0 spiro atoms. The summed E-state index contributed by atoms with van der Waals surface area (Å²) in [6, 6.07) is 17.8. The second kappa shape index (κ2) is 13.4. The minimum Gasteiger partial charge on any atom is -0.508 e. The fourth-order valence-electron chi connectivity index (χ4n) is 5.00. The van der Waals surface area contributed by atoms with E-state index in [-0.39, 0.29) is 16.7 Å². The number of aryl methyl sites for hydroxylation is 1. The number of benzene rings is 3. The molecule has 0 radical (unpaired) electrons. The summed E-state index contributed by atoms with van der Waals surface area (Å²) in [6.45, 7) is 21.2. The van der Waals surface area contributed by atoms with Crippen LogP contribution in [0.15, 0.2) is 54.6 Å². The molecule has 3 N–H and O–H groups in total. The predicted octanol–water partition coefficient (Wildman–Crippen LogP) is 9.78. The van der Waals surface area contributed by atoms with Crippen molar-refractivity contribution in [2.45, 2.75) is 112 Å². The number of rotatable bonds is 7. The van der Waals surface area contributed by atoms with Gasteiger partial charge in [-0.15, -0.1) is 0 Å². The molecule has 3 rings (SSSR count). The molecule has 0 fully saturated rings. The molecule has 0 aliphatic carbocycles. The monoisotopic (exact) mass is 532 g/mol. The number of hydrogen-bond acceptors (Lipinski definition) is 3. The maximum atomic E-state index is 10.8. The summed E-state index contributed by atoms with van der Waals surface area (Å²) in [4.78, 5) is 0. The number of aromatic hydroxyl groups is 3. The number of phenols is 3. The first kappa shape index (κ1) is 32.3. The van der Waals surface area contributed by atoms with Crippen molar-refractivity contribution in [3.05, 3.63) is 88.0 Å². The second-order valence-corrected chi connectivity index (χ2v) is 13.4. The number of para-hydroxylation sites is 2. The van der Waals surface area contributed by atoms with Crippen LogP contribution >= 0.6 is 0 Å². The highest BCUT2D eigenvalue weighted by molar-refractivity contribution is 5.53. The van der Waals surface area contributed by atoms with Crippen LogP contribution in [0, 0.1) is 5.92 Å². The molecular weight excluding hydrogens is 480 g/mol. The molecule has 0 atom stereocenters. The van der Waals surface area contributed by atoms with Crippen LogP contribution < -0.4 is 0 Å². The molecule has 0 unspecified atom stereocenters. The third-order valence-electron chi connectivity index (χ3n) is 7.27. The van der Waals surface area contributed by atoms with Gasteiger partial charge in [0.15, 0.2) is 0 Å². The summed E-state index contributed by atoms with van der Waals surface area (Å²) >= 11 is 0. The highest BCUT2D eigenvalue weighted by Gasteiger charge is 2.26. The second-order valence-electron chi connectivity index (χ2n) is 13.4. The van der Waals surface area contributed by atoms with Gasteiger partial charge in [0, 0.05) is 17.0 Å². The van der Waals surface area contributed by atoms with E-state index >= 15 is 0 Å². The van der Waals surface area contributed by atoms with Crippen molar-refractivity contribution in [2.75, 3.05) is 0 Å². The van der Waals surface area contributed by atoms with Gasteiger partial charge in [0.1, 0.15) is 17.2 Å². The molecule has 0 heterocycles. The molecule has 0 aromatic heterocycles. The minimum atomic E-state index is -0.130. The summed E-state index contributed by atoms with van der Waals surface area (Å²) in [7, 11) is 0. The van der Waals surface area contributed by atoms with E-state index in [1.807, 2.05) is 55.5 Å². The van der Waals surface area contributed by atoms with Gasteiger partial charge in [-0.2, -0.15) is 0 Å². The van der Waals surface area contributed by atoms with Gasteiger partial charge < -0.3 is 15.3 Å². The molecular formula is C36H52O3. The largest absolute Gasteiger partial charge is 0.508 e. The standard InChI is InChI=1S/C22H30O2.C14H22O/c1-14(15-10-8-12-17(19(15)23)21(2,3)4)16-11-9-13-18(20(16)24)22(5,6)7;1-4-5-6-13-10-12(9-11(2)3)7-8-14(13)15/h8-14,23-24H,1-7H3;7-8,10-11,15H,4-6,9H2,1-3H3. The molecule has 3 aromatic carbocycles. The van der Waals surface area contributed by atoms with Gasteiger partial charge in [0.2, 0.25) is 0 Å². The Kier molecular flexibility index (Phi) is 11.1. The fraction of sp³-hybridized carbons (Fsp3) is 0.500. The number of phenolic OH excluding ortho intramolecular Hbond substituents is 3. The summed E-state index contributed by atoms with van der Waals surface area (Å²) in [5, 5.41) is 31.3. The molecule has 0 aliphatic heterocycles. The summed E-state index contributed by atoms with van der Waals surface area (Å²) < 4.78 is 0. The first-order valence-electron chi connectivity index (χ1n) is 14.5. The molecule has 0 saturated heterocycles. The van der Waals surface area contributed by atoms with E-state index in [1.165, 1.54) is 12.0 Å². The Morgan fingerprint density at radius 3 is 1.59 bits per heavy atom. The van der Waals surface area contributed by atoms with Gasteiger partial charge in [0.25, 0.3) is 0 Å². The molecule has 3 nitrogen and oxygen atoms in total. The van der Waals surface area contributed by atoms with Crippen molar-refractivity contribution in [1.29, 1.82) is 0 Å². The van der Waals surface area contributed by atoms with Gasteiger partial charge in [0.05, 0.1) is 0 Å². The Labute approximate surface area is 238 Å². The number of hydrogen-bond donors (Lipinski definition) is 3. The lowest BCUT2D eigenvalue weighted by Gasteiger charge is -2.26. The topological polar surface area (TPSA) is 60.7 Å². The predicted molar refractivity (Wildman–Crippen MR) is 166 cm³/mol. The normalized spacial score (nSPS) is 12.0. The van der Waals surface area contributed by atoms with Gasteiger partial charge >= 0.3 is 0 Å². The first-order valence-corrected chi connectivity index (χ1v) is 14.5. The zero-order chi connectivity index (χ0) is 29.5. The van der Waals surface area contributed by atoms with Crippen molar-refractivity contribution in [3.8, 4) is 17.2 Å². The molecule has 3 heteroatoms. The van der Waals surface area contributed by atoms with E-state index in [2.05, 4.69) is 68.4 Å². The van der Waals surface area contributed by atoms with E-state index in [4.69, 9.17) is 0 Å². The number of unbranched alkanes of at least 4 members (excludes halogenated alkanes) is 1. The molecule has 0 saturated carbocycles. The van der Waals surface area contributed by atoms with Gasteiger partial charge in [-0.1, -0.05) is 124 Å². The van der Waals surface area contributed by atoms with Crippen molar-refractivity contribution in [2.24, 2.45) is 5.92 Å². The minimum absolute atomic E-state index is 0.0883. The Balaban J connectivity index is 0.000000306. The third kappa shape index (κ3) is 8.78. The third-order valence-corrected chi connectivity index (χ3v) is 7.27. The Morgan fingerprint density at radius 2 is 1.18 bits per heavy atom. The molecule has 0 aliphatic rings.